The fraction of sp³-hybridized carbons (Fsp3) is 0.207. The molecule has 2 N–H and O–H groups in total. The topological polar surface area (TPSA) is 87.7 Å². The molecule has 4 rings (SSSR count). The molecule has 0 spiro atoms. The minimum Gasteiger partial charge on any atom is -0.463 e. The number of hydrogen-bond acceptors (Lipinski definition) is 4. The third-order valence-electron chi connectivity index (χ3n) is 5.88. The Morgan fingerprint density at radius 2 is 1.76 bits per heavy atom. The molecule has 8 heteroatoms. The van der Waals surface area contributed by atoms with Crippen LogP contribution in [0.5, 0.6) is 0 Å². The van der Waals surface area contributed by atoms with Gasteiger partial charge in [-0.05, 0) is 54.8 Å². The lowest BCUT2D eigenvalue weighted by atomic mass is 9.91. The highest BCUT2D eigenvalue weighted by molar-refractivity contribution is 9.10. The summed E-state index contributed by atoms with van der Waals surface area (Å²) in [6, 6.07) is 22.5. The zero-order chi connectivity index (χ0) is 26.4. The molecular weight excluding hydrogens is 534 g/mol. The van der Waals surface area contributed by atoms with E-state index in [1.165, 1.54) is 0 Å². The summed E-state index contributed by atoms with van der Waals surface area (Å²) in [5.74, 6) is -0.776. The van der Waals surface area contributed by atoms with Crippen LogP contribution in [0.25, 0.3) is 5.70 Å². The van der Waals surface area contributed by atoms with E-state index in [0.29, 0.717) is 41.1 Å². The van der Waals surface area contributed by atoms with Gasteiger partial charge in [0.15, 0.2) is 0 Å². The zero-order valence-corrected chi connectivity index (χ0v) is 22.2. The van der Waals surface area contributed by atoms with Gasteiger partial charge in [-0.2, -0.15) is 0 Å². The quantitative estimate of drug-likeness (QED) is 0.323. The number of urea groups is 1. The van der Waals surface area contributed by atoms with Crippen molar-refractivity contribution in [1.82, 2.24) is 10.2 Å². The highest BCUT2D eigenvalue weighted by Gasteiger charge is 2.38. The number of ether oxygens (including phenoxy) is 1. The Labute approximate surface area is 224 Å². The van der Waals surface area contributed by atoms with E-state index < -0.39 is 12.0 Å². The number of benzene rings is 3. The first kappa shape index (κ1) is 26.2. The van der Waals surface area contributed by atoms with Gasteiger partial charge in [-0.3, -0.25) is 9.69 Å². The molecule has 1 atom stereocenters. The van der Waals surface area contributed by atoms with Gasteiger partial charge in [0, 0.05) is 22.3 Å². The van der Waals surface area contributed by atoms with Crippen molar-refractivity contribution in [3.63, 3.8) is 0 Å². The van der Waals surface area contributed by atoms with Crippen molar-refractivity contribution in [3.8, 4) is 0 Å². The Morgan fingerprint density at radius 3 is 2.46 bits per heavy atom. The molecule has 0 aromatic heterocycles. The van der Waals surface area contributed by atoms with Crippen molar-refractivity contribution < 1.29 is 19.1 Å². The maximum Gasteiger partial charge on any atom is 0.338 e. The molecule has 0 saturated carbocycles. The van der Waals surface area contributed by atoms with Crippen molar-refractivity contribution in [2.75, 3.05) is 18.5 Å². The van der Waals surface area contributed by atoms with Crippen molar-refractivity contribution in [2.45, 2.75) is 26.3 Å². The SMILES string of the molecule is CCCN1C(=O)NC(c2cccc(NC(=O)c3cccc(Br)c3)c2)C(C(=O)OCC)=C1c1ccccc1. The van der Waals surface area contributed by atoms with Crippen LogP contribution in [0.15, 0.2) is 88.9 Å². The number of hydrogen-bond donors (Lipinski definition) is 2. The number of nitrogens with one attached hydrogen (secondary N) is 2. The molecule has 190 valence electrons. The number of anilines is 1. The second-order valence-electron chi connectivity index (χ2n) is 8.47. The van der Waals surface area contributed by atoms with E-state index in [-0.39, 0.29) is 18.5 Å². The maximum absolute atomic E-state index is 13.4. The minimum atomic E-state index is -0.766. The van der Waals surface area contributed by atoms with E-state index in [1.807, 2.05) is 49.4 Å². The molecule has 1 aliphatic heterocycles. The van der Waals surface area contributed by atoms with E-state index in [0.717, 1.165) is 10.0 Å². The third kappa shape index (κ3) is 5.91. The third-order valence-corrected chi connectivity index (χ3v) is 6.37. The number of amides is 3. The first-order valence-corrected chi connectivity index (χ1v) is 12.9. The van der Waals surface area contributed by atoms with Crippen molar-refractivity contribution in [2.24, 2.45) is 0 Å². The lowest BCUT2D eigenvalue weighted by molar-refractivity contribution is -0.138. The van der Waals surface area contributed by atoms with Crippen LogP contribution in [0.1, 0.15) is 47.8 Å². The van der Waals surface area contributed by atoms with E-state index in [4.69, 9.17) is 4.74 Å². The van der Waals surface area contributed by atoms with Gasteiger partial charge in [0.25, 0.3) is 5.91 Å². The molecule has 0 bridgehead atoms. The Balaban J connectivity index is 1.79. The molecule has 1 unspecified atom stereocenters. The fourth-order valence-electron chi connectivity index (χ4n) is 4.30. The molecule has 0 radical (unpaired) electrons. The summed E-state index contributed by atoms with van der Waals surface area (Å²) >= 11 is 3.39. The van der Waals surface area contributed by atoms with Crippen LogP contribution >= 0.6 is 15.9 Å². The summed E-state index contributed by atoms with van der Waals surface area (Å²) in [6.07, 6.45) is 0.710. The Morgan fingerprint density at radius 1 is 1.00 bits per heavy atom. The molecule has 3 aromatic rings. The zero-order valence-electron chi connectivity index (χ0n) is 20.7. The van der Waals surface area contributed by atoms with E-state index in [1.54, 1.807) is 48.2 Å². The molecule has 0 saturated heterocycles. The molecule has 3 aromatic carbocycles. The van der Waals surface area contributed by atoms with Crippen molar-refractivity contribution in [1.29, 1.82) is 0 Å². The van der Waals surface area contributed by atoms with Gasteiger partial charge in [-0.25, -0.2) is 9.59 Å². The molecule has 0 fully saturated rings. The summed E-state index contributed by atoms with van der Waals surface area (Å²) in [6.45, 7) is 4.36. The van der Waals surface area contributed by atoms with Crippen LogP contribution in [-0.2, 0) is 9.53 Å². The Hall–Kier alpha value is -3.91. The number of rotatable bonds is 8. The first-order valence-electron chi connectivity index (χ1n) is 12.1. The number of carbonyl (C=O) groups is 3. The number of carbonyl (C=O) groups excluding carboxylic acids is 3. The predicted octanol–water partition coefficient (Wildman–Crippen LogP) is 6.15. The second-order valence-corrected chi connectivity index (χ2v) is 9.39. The molecule has 0 aliphatic carbocycles. The molecule has 1 heterocycles. The first-order chi connectivity index (χ1) is 17.9. The highest BCUT2D eigenvalue weighted by Crippen LogP contribution is 2.37. The average molecular weight is 562 g/mol. The maximum atomic E-state index is 13.4. The molecule has 1 aliphatic rings. The normalized spacial score (nSPS) is 15.3. The summed E-state index contributed by atoms with van der Waals surface area (Å²) in [7, 11) is 0. The monoisotopic (exact) mass is 561 g/mol. The second kappa shape index (κ2) is 11.9. The number of esters is 1. The van der Waals surface area contributed by atoms with Crippen molar-refractivity contribution in [3.05, 3.63) is 106 Å². The van der Waals surface area contributed by atoms with Gasteiger partial charge < -0.3 is 15.4 Å². The van der Waals surface area contributed by atoms with E-state index in [9.17, 15) is 14.4 Å². The van der Waals surface area contributed by atoms with Gasteiger partial charge in [-0.1, -0.05) is 71.4 Å². The fourth-order valence-corrected chi connectivity index (χ4v) is 4.70. The van der Waals surface area contributed by atoms with E-state index in [2.05, 4.69) is 26.6 Å². The number of nitrogens with zero attached hydrogens (tertiary/aromatic N) is 1. The lowest BCUT2D eigenvalue weighted by Gasteiger charge is -2.37. The molecule has 37 heavy (non-hydrogen) atoms. The van der Waals surface area contributed by atoms with Gasteiger partial charge in [-0.15, -0.1) is 0 Å². The lowest BCUT2D eigenvalue weighted by Crippen LogP contribution is -2.48. The van der Waals surface area contributed by atoms with Crippen molar-refractivity contribution >= 4 is 45.2 Å². The van der Waals surface area contributed by atoms with Gasteiger partial charge in [0.05, 0.1) is 23.9 Å². The summed E-state index contributed by atoms with van der Waals surface area (Å²) in [4.78, 5) is 41.1. The standard InChI is InChI=1S/C29H28BrN3O4/c1-3-16-33-26(19-10-6-5-7-11-19)24(28(35)37-4-2)25(32-29(33)36)20-12-9-15-23(18-20)31-27(34)21-13-8-14-22(30)17-21/h5-15,17-18,25H,3-4,16H2,1-2H3,(H,31,34)(H,32,36). The Kier molecular flexibility index (Phi) is 8.40. The van der Waals surface area contributed by atoms with Crippen LogP contribution in [0, 0.1) is 0 Å². The summed E-state index contributed by atoms with van der Waals surface area (Å²) in [5, 5.41) is 5.89. The van der Waals surface area contributed by atoms with Crippen LogP contribution in [0.3, 0.4) is 0 Å². The van der Waals surface area contributed by atoms with Crippen LogP contribution in [0.2, 0.25) is 0 Å². The summed E-state index contributed by atoms with van der Waals surface area (Å²) in [5.41, 5.74) is 3.30. The van der Waals surface area contributed by atoms with Gasteiger partial charge >= 0.3 is 12.0 Å². The van der Waals surface area contributed by atoms with Crippen LogP contribution < -0.4 is 10.6 Å². The smallest absolute Gasteiger partial charge is 0.338 e. The number of halogens is 1. The minimum absolute atomic E-state index is 0.196. The largest absolute Gasteiger partial charge is 0.463 e. The average Bonchev–Trinajstić information content (AvgIpc) is 2.90. The van der Waals surface area contributed by atoms with Gasteiger partial charge in [0.1, 0.15) is 0 Å². The Bertz CT molecular complexity index is 1340. The summed E-state index contributed by atoms with van der Waals surface area (Å²) < 4.78 is 6.26. The van der Waals surface area contributed by atoms with Crippen LogP contribution in [0.4, 0.5) is 10.5 Å². The molecule has 7 nitrogen and oxygen atoms in total. The molecule has 3 amide bonds. The van der Waals surface area contributed by atoms with E-state index >= 15 is 0 Å². The molecular formula is C29H28BrN3O4. The highest BCUT2D eigenvalue weighted by atomic mass is 79.9. The predicted molar refractivity (Wildman–Crippen MR) is 147 cm³/mol. The van der Waals surface area contributed by atoms with Gasteiger partial charge in [0.2, 0.25) is 0 Å². The van der Waals surface area contributed by atoms with Crippen LogP contribution in [-0.4, -0.2) is 36.0 Å².